The highest BCUT2D eigenvalue weighted by Crippen LogP contribution is 2.42. The maximum absolute atomic E-state index is 13.3. The highest BCUT2D eigenvalue weighted by atomic mass is 16.3. The Morgan fingerprint density at radius 1 is 1.11 bits per heavy atom. The number of piperidine rings is 1. The van der Waals surface area contributed by atoms with Crippen LogP contribution in [-0.2, 0) is 13.5 Å². The minimum atomic E-state index is -0.479. The average molecular weight is 484 g/mol. The Labute approximate surface area is 209 Å². The van der Waals surface area contributed by atoms with Gasteiger partial charge in [0.05, 0.1) is 23.3 Å². The fraction of sp³-hybridized carbons (Fsp3) is 0.370. The quantitative estimate of drug-likeness (QED) is 0.401. The number of anilines is 1. The first-order valence-electron chi connectivity index (χ1n) is 12.4. The van der Waals surface area contributed by atoms with Gasteiger partial charge in [0.15, 0.2) is 5.78 Å². The van der Waals surface area contributed by atoms with Gasteiger partial charge in [-0.05, 0) is 43.0 Å². The van der Waals surface area contributed by atoms with Crippen LogP contribution in [0.15, 0.2) is 55.2 Å². The van der Waals surface area contributed by atoms with Crippen molar-refractivity contribution in [1.82, 2.24) is 24.7 Å². The second-order valence-corrected chi connectivity index (χ2v) is 10.0. The molecule has 4 aromatic heterocycles. The van der Waals surface area contributed by atoms with Crippen LogP contribution in [0.5, 0.6) is 0 Å². The fourth-order valence-electron chi connectivity index (χ4n) is 5.28. The lowest BCUT2D eigenvalue weighted by Crippen LogP contribution is -2.57. The van der Waals surface area contributed by atoms with Crippen LogP contribution in [0.25, 0.3) is 22.2 Å². The van der Waals surface area contributed by atoms with E-state index in [4.69, 9.17) is 5.73 Å². The highest BCUT2D eigenvalue weighted by Gasteiger charge is 2.43. The lowest BCUT2D eigenvalue weighted by atomic mass is 9.87. The minimum Gasteiger partial charge on any atom is -0.391 e. The fourth-order valence-corrected chi connectivity index (χ4v) is 5.28. The van der Waals surface area contributed by atoms with Crippen LogP contribution in [0.1, 0.15) is 28.9 Å². The Hall–Kier alpha value is -3.69. The van der Waals surface area contributed by atoms with E-state index < -0.39 is 6.10 Å². The molecule has 0 bridgehead atoms. The predicted octanol–water partition coefficient (Wildman–Crippen LogP) is 2.39. The van der Waals surface area contributed by atoms with Crippen molar-refractivity contribution >= 4 is 22.5 Å². The molecule has 1 aliphatic carbocycles. The summed E-state index contributed by atoms with van der Waals surface area (Å²) in [5.74, 6) is 0.611. The molecular formula is C27H29N7O2. The van der Waals surface area contributed by atoms with Gasteiger partial charge in [-0.2, -0.15) is 5.10 Å². The summed E-state index contributed by atoms with van der Waals surface area (Å²) in [6.07, 6.45) is 11.0. The third kappa shape index (κ3) is 4.36. The molecule has 184 valence electrons. The summed E-state index contributed by atoms with van der Waals surface area (Å²) in [6.45, 7) is 1.29. The van der Waals surface area contributed by atoms with Crippen molar-refractivity contribution in [3.8, 4) is 11.1 Å². The molecule has 0 radical (unpaired) electrons. The Morgan fingerprint density at radius 2 is 1.97 bits per heavy atom. The third-order valence-electron chi connectivity index (χ3n) is 7.40. The van der Waals surface area contributed by atoms with Crippen LogP contribution >= 0.6 is 0 Å². The molecule has 0 unspecified atom stereocenters. The summed E-state index contributed by atoms with van der Waals surface area (Å²) >= 11 is 0. The topological polar surface area (TPSA) is 123 Å². The molecule has 1 saturated heterocycles. The van der Waals surface area contributed by atoms with Crippen molar-refractivity contribution in [3.63, 3.8) is 0 Å². The summed E-state index contributed by atoms with van der Waals surface area (Å²) in [7, 11) is 1.87. The average Bonchev–Trinajstić information content (AvgIpc) is 3.64. The van der Waals surface area contributed by atoms with E-state index in [0.29, 0.717) is 23.7 Å². The number of hydrogen-bond donors (Lipinski definition) is 2. The lowest BCUT2D eigenvalue weighted by molar-refractivity contribution is 0.0593. The molecule has 1 aliphatic heterocycles. The van der Waals surface area contributed by atoms with Crippen molar-refractivity contribution in [2.24, 2.45) is 24.6 Å². The van der Waals surface area contributed by atoms with Crippen LogP contribution in [0, 0.1) is 11.8 Å². The first-order chi connectivity index (χ1) is 17.5. The van der Waals surface area contributed by atoms with Gasteiger partial charge >= 0.3 is 0 Å². The Balaban J connectivity index is 1.26. The summed E-state index contributed by atoms with van der Waals surface area (Å²) in [4.78, 5) is 29.0. The minimum absolute atomic E-state index is 0.0852. The maximum Gasteiger partial charge on any atom is 0.185 e. The molecule has 5 heterocycles. The van der Waals surface area contributed by atoms with E-state index in [0.717, 1.165) is 47.3 Å². The van der Waals surface area contributed by atoms with Crippen LogP contribution in [0.2, 0.25) is 0 Å². The van der Waals surface area contributed by atoms with Gasteiger partial charge in [-0.3, -0.25) is 19.4 Å². The predicted molar refractivity (Wildman–Crippen MR) is 136 cm³/mol. The second-order valence-electron chi connectivity index (χ2n) is 10.0. The zero-order valence-electron chi connectivity index (χ0n) is 20.2. The number of rotatable bonds is 6. The van der Waals surface area contributed by atoms with Gasteiger partial charge in [-0.15, -0.1) is 0 Å². The van der Waals surface area contributed by atoms with Crippen LogP contribution < -0.4 is 10.6 Å². The van der Waals surface area contributed by atoms with Crippen LogP contribution in [0.3, 0.4) is 0 Å². The number of aliphatic hydroxyl groups excluding tert-OH is 1. The Bertz CT molecular complexity index is 1430. The van der Waals surface area contributed by atoms with Crippen molar-refractivity contribution in [2.45, 2.75) is 31.4 Å². The number of Topliss-reactive ketones (excluding diaryl/α,β-unsaturated/α-hetero) is 1. The molecular weight excluding hydrogens is 454 g/mol. The van der Waals surface area contributed by atoms with E-state index >= 15 is 0 Å². The monoisotopic (exact) mass is 483 g/mol. The van der Waals surface area contributed by atoms with Gasteiger partial charge in [0.25, 0.3) is 0 Å². The molecule has 0 amide bonds. The number of carbonyl (C=O) groups is 1. The summed E-state index contributed by atoms with van der Waals surface area (Å²) in [5, 5.41) is 14.8. The number of ketones is 1. The Kier molecular flexibility index (Phi) is 5.73. The first kappa shape index (κ1) is 22.8. The van der Waals surface area contributed by atoms with Gasteiger partial charge in [0.2, 0.25) is 0 Å². The van der Waals surface area contributed by atoms with E-state index in [1.54, 1.807) is 35.5 Å². The summed E-state index contributed by atoms with van der Waals surface area (Å²) in [6, 6.07) is 7.12. The summed E-state index contributed by atoms with van der Waals surface area (Å²) < 4.78 is 1.74. The number of nitrogens with two attached hydrogens (primary N) is 1. The number of aromatic nitrogens is 5. The molecule has 0 aromatic carbocycles. The second kappa shape index (κ2) is 9.07. The largest absolute Gasteiger partial charge is 0.391 e. The molecule has 3 N–H and O–H groups in total. The highest BCUT2D eigenvalue weighted by molar-refractivity contribution is 5.98. The van der Waals surface area contributed by atoms with E-state index in [1.165, 1.54) is 0 Å². The van der Waals surface area contributed by atoms with E-state index in [9.17, 15) is 9.90 Å². The molecule has 1 saturated carbocycles. The lowest BCUT2D eigenvalue weighted by Gasteiger charge is -2.42. The van der Waals surface area contributed by atoms with E-state index in [2.05, 4.69) is 25.0 Å². The van der Waals surface area contributed by atoms with E-state index in [1.807, 2.05) is 31.4 Å². The number of hydrogen-bond acceptors (Lipinski definition) is 8. The molecule has 36 heavy (non-hydrogen) atoms. The van der Waals surface area contributed by atoms with E-state index in [-0.39, 0.29) is 24.2 Å². The number of fused-ring (bicyclic) bond motifs is 1. The molecule has 6 rings (SSSR count). The number of pyridine rings is 3. The zero-order valence-corrected chi connectivity index (χ0v) is 20.2. The van der Waals surface area contributed by atoms with Gasteiger partial charge in [0.1, 0.15) is 5.69 Å². The third-order valence-corrected chi connectivity index (χ3v) is 7.40. The number of aliphatic hydroxyl groups is 1. The normalized spacial score (nSPS) is 22.2. The SMILES string of the molecule is Cn1cc(-c2cnc3ccc(C(=O)Cc4cnccc4N4C[C@@H](N)[C@H](O)[C@@H](C5CC5)C4)nc3c2)cn1. The van der Waals surface area contributed by atoms with Gasteiger partial charge < -0.3 is 15.7 Å². The molecule has 4 aromatic rings. The van der Waals surface area contributed by atoms with Crippen LogP contribution in [-0.4, -0.2) is 60.9 Å². The van der Waals surface area contributed by atoms with Crippen molar-refractivity contribution in [3.05, 3.63) is 66.5 Å². The van der Waals surface area contributed by atoms with Crippen LogP contribution in [0.4, 0.5) is 5.69 Å². The molecule has 2 aliphatic rings. The van der Waals surface area contributed by atoms with Crippen molar-refractivity contribution < 1.29 is 9.90 Å². The Morgan fingerprint density at radius 3 is 2.75 bits per heavy atom. The maximum atomic E-state index is 13.3. The number of nitrogens with zero attached hydrogens (tertiary/aromatic N) is 6. The van der Waals surface area contributed by atoms with Crippen molar-refractivity contribution in [1.29, 1.82) is 0 Å². The van der Waals surface area contributed by atoms with Crippen molar-refractivity contribution in [2.75, 3.05) is 18.0 Å². The molecule has 2 fully saturated rings. The number of carbonyl (C=O) groups excluding carboxylic acids is 1. The zero-order chi connectivity index (χ0) is 24.8. The molecule has 0 spiro atoms. The summed E-state index contributed by atoms with van der Waals surface area (Å²) in [5.41, 5.74) is 11.7. The van der Waals surface area contributed by atoms with Gasteiger partial charge in [-0.25, -0.2) is 4.98 Å². The molecule has 3 atom stereocenters. The molecule has 9 nitrogen and oxygen atoms in total. The molecule has 9 heteroatoms. The first-order valence-corrected chi connectivity index (χ1v) is 12.4. The van der Waals surface area contributed by atoms with Gasteiger partial charge in [-0.1, -0.05) is 0 Å². The van der Waals surface area contributed by atoms with Gasteiger partial charge in [0, 0.05) is 85.7 Å². The smallest absolute Gasteiger partial charge is 0.185 e. The standard InChI is InChI=1S/C27H29N7O2/c1-33-13-19(12-31-33)17-8-24-22(30-11-17)4-5-23(32-24)26(35)9-18-10-29-7-6-25(18)34-14-20(16-2-3-16)27(36)21(28)15-34/h4-8,10-13,16,20-21,27,36H,2-3,9,14-15,28H2,1H3/t20-,21-,27-/m1/s1. The number of aryl methyl sites for hydroxylation is 1.